The van der Waals surface area contributed by atoms with E-state index in [9.17, 15) is 4.79 Å². The van der Waals surface area contributed by atoms with E-state index in [2.05, 4.69) is 30.7 Å². The van der Waals surface area contributed by atoms with E-state index in [1.165, 1.54) is 0 Å². The first kappa shape index (κ1) is 13.0. The molecule has 2 heterocycles. The van der Waals surface area contributed by atoms with Crippen molar-refractivity contribution in [3.05, 3.63) is 0 Å². The minimum absolute atomic E-state index is 0.113. The Balaban J connectivity index is 2.06. The van der Waals surface area contributed by atoms with Gasteiger partial charge in [-0.15, -0.1) is 0 Å². The first-order chi connectivity index (χ1) is 7.93. The number of ketones is 1. The highest BCUT2D eigenvalue weighted by molar-refractivity contribution is 5.92. The summed E-state index contributed by atoms with van der Waals surface area (Å²) in [6.45, 7) is 6.97. The predicted octanol–water partition coefficient (Wildman–Crippen LogP) is 0.461. The van der Waals surface area contributed by atoms with Crippen LogP contribution in [0.1, 0.15) is 33.1 Å². The molecule has 0 spiro atoms. The summed E-state index contributed by atoms with van der Waals surface area (Å²) in [5, 5.41) is 0. The summed E-state index contributed by atoms with van der Waals surface area (Å²) in [6.07, 6.45) is 3.17. The molecule has 1 unspecified atom stereocenters. The largest absolute Gasteiger partial charge is 0.326 e. The van der Waals surface area contributed by atoms with Gasteiger partial charge in [0.2, 0.25) is 0 Å². The summed E-state index contributed by atoms with van der Waals surface area (Å²) >= 11 is 0. The van der Waals surface area contributed by atoms with Crippen molar-refractivity contribution in [1.29, 1.82) is 0 Å². The van der Waals surface area contributed by atoms with Crippen LogP contribution in [0, 0.1) is 0 Å². The maximum Gasteiger partial charge on any atom is 0.169 e. The van der Waals surface area contributed by atoms with E-state index in [-0.39, 0.29) is 17.6 Å². The number of carbonyl (C=O) groups is 1. The molecule has 98 valence electrons. The lowest BCUT2D eigenvalue weighted by molar-refractivity contribution is -0.133. The molecule has 17 heavy (non-hydrogen) atoms. The molecule has 2 aliphatic rings. The average Bonchev–Trinajstić information content (AvgIpc) is 2.86. The third-order valence-corrected chi connectivity index (χ3v) is 4.44. The average molecular weight is 239 g/mol. The van der Waals surface area contributed by atoms with Gasteiger partial charge >= 0.3 is 0 Å². The fourth-order valence-corrected chi connectivity index (χ4v) is 3.10. The number of rotatable bonds is 3. The number of nitrogens with two attached hydrogens (primary N) is 1. The summed E-state index contributed by atoms with van der Waals surface area (Å²) in [5.74, 6) is 0.367. The van der Waals surface area contributed by atoms with Crippen LogP contribution >= 0.6 is 0 Å². The first-order valence-corrected chi connectivity index (χ1v) is 6.68. The Kier molecular flexibility index (Phi) is 3.57. The van der Waals surface area contributed by atoms with Gasteiger partial charge in [-0.3, -0.25) is 14.6 Å². The van der Waals surface area contributed by atoms with Crippen LogP contribution in [0.25, 0.3) is 0 Å². The SMILES string of the molecule is CN1CCCC1C(=O)C(C)(C)N1CC[C@H](N)C1. The van der Waals surface area contributed by atoms with Crippen LogP contribution in [0.5, 0.6) is 0 Å². The smallest absolute Gasteiger partial charge is 0.169 e. The minimum Gasteiger partial charge on any atom is -0.326 e. The number of carbonyl (C=O) groups excluding carboxylic acids is 1. The van der Waals surface area contributed by atoms with Gasteiger partial charge in [0, 0.05) is 19.1 Å². The number of Topliss-reactive ketones (excluding diaryl/α,β-unsaturated/α-hetero) is 1. The maximum atomic E-state index is 12.6. The number of nitrogens with zero attached hydrogens (tertiary/aromatic N) is 2. The Morgan fingerprint density at radius 2 is 2.00 bits per heavy atom. The van der Waals surface area contributed by atoms with Gasteiger partial charge in [-0.2, -0.15) is 0 Å². The summed E-state index contributed by atoms with van der Waals surface area (Å²) in [4.78, 5) is 17.1. The first-order valence-electron chi connectivity index (χ1n) is 6.68. The number of hydrogen-bond acceptors (Lipinski definition) is 4. The molecule has 0 saturated carbocycles. The Hall–Kier alpha value is -0.450. The van der Waals surface area contributed by atoms with E-state index < -0.39 is 0 Å². The number of likely N-dealkylation sites (N-methyl/N-ethyl adjacent to an activating group) is 1. The van der Waals surface area contributed by atoms with Crippen molar-refractivity contribution >= 4 is 5.78 Å². The number of hydrogen-bond donors (Lipinski definition) is 1. The van der Waals surface area contributed by atoms with Gasteiger partial charge in [0.1, 0.15) is 0 Å². The van der Waals surface area contributed by atoms with E-state index in [4.69, 9.17) is 5.73 Å². The lowest BCUT2D eigenvalue weighted by Crippen LogP contribution is -2.55. The third kappa shape index (κ3) is 2.39. The summed E-state index contributed by atoms with van der Waals surface area (Å²) in [7, 11) is 2.06. The molecule has 0 amide bonds. The molecule has 2 atom stereocenters. The molecule has 2 rings (SSSR count). The van der Waals surface area contributed by atoms with Crippen molar-refractivity contribution in [2.75, 3.05) is 26.7 Å². The second-order valence-electron chi connectivity index (χ2n) is 6.06. The normalized spacial score (nSPS) is 32.2. The molecule has 4 heteroatoms. The lowest BCUT2D eigenvalue weighted by atomic mass is 9.90. The van der Waals surface area contributed by atoms with Crippen molar-refractivity contribution in [2.45, 2.75) is 50.7 Å². The van der Waals surface area contributed by atoms with Gasteiger partial charge in [-0.25, -0.2) is 0 Å². The van der Waals surface area contributed by atoms with Crippen LogP contribution in [0.15, 0.2) is 0 Å². The van der Waals surface area contributed by atoms with Crippen LogP contribution in [-0.4, -0.2) is 59.9 Å². The van der Waals surface area contributed by atoms with Crippen LogP contribution in [0.4, 0.5) is 0 Å². The van der Waals surface area contributed by atoms with Gasteiger partial charge in [0.25, 0.3) is 0 Å². The summed E-state index contributed by atoms with van der Waals surface area (Å²) in [5.41, 5.74) is 5.58. The van der Waals surface area contributed by atoms with Gasteiger partial charge in [0.05, 0.1) is 11.6 Å². The van der Waals surface area contributed by atoms with Crippen LogP contribution in [-0.2, 0) is 4.79 Å². The molecule has 2 N–H and O–H groups in total. The molecule has 0 aromatic heterocycles. The topological polar surface area (TPSA) is 49.6 Å². The van der Waals surface area contributed by atoms with E-state index in [0.29, 0.717) is 5.78 Å². The monoisotopic (exact) mass is 239 g/mol. The summed E-state index contributed by atoms with van der Waals surface area (Å²) in [6, 6.07) is 0.352. The van der Waals surface area contributed by atoms with Crippen molar-refractivity contribution in [1.82, 2.24) is 9.80 Å². The highest BCUT2D eigenvalue weighted by Crippen LogP contribution is 2.27. The molecule has 2 aliphatic heterocycles. The zero-order valence-electron chi connectivity index (χ0n) is 11.3. The third-order valence-electron chi connectivity index (χ3n) is 4.44. The van der Waals surface area contributed by atoms with Crippen LogP contribution in [0.3, 0.4) is 0 Å². The van der Waals surface area contributed by atoms with E-state index >= 15 is 0 Å². The van der Waals surface area contributed by atoms with Gasteiger partial charge in [-0.1, -0.05) is 0 Å². The highest BCUT2D eigenvalue weighted by Gasteiger charge is 2.43. The standard InChI is InChI=1S/C13H25N3O/c1-13(2,16-8-6-10(14)9-16)12(17)11-5-4-7-15(11)3/h10-11H,4-9,14H2,1-3H3/t10-,11?/m0/s1. The van der Waals surface area contributed by atoms with Crippen molar-refractivity contribution in [3.63, 3.8) is 0 Å². The Bertz CT molecular complexity index is 303. The summed E-state index contributed by atoms with van der Waals surface area (Å²) < 4.78 is 0. The Morgan fingerprint density at radius 3 is 2.47 bits per heavy atom. The zero-order chi connectivity index (χ0) is 12.6. The molecule has 4 nitrogen and oxygen atoms in total. The molecular formula is C13H25N3O. The second kappa shape index (κ2) is 4.67. The molecule has 2 saturated heterocycles. The van der Waals surface area contributed by atoms with Crippen molar-refractivity contribution in [2.24, 2.45) is 5.73 Å². The van der Waals surface area contributed by atoms with E-state index in [1.807, 2.05) is 0 Å². The van der Waals surface area contributed by atoms with E-state index in [1.54, 1.807) is 0 Å². The van der Waals surface area contributed by atoms with Gasteiger partial charge in [0.15, 0.2) is 5.78 Å². The second-order valence-corrected chi connectivity index (χ2v) is 6.06. The highest BCUT2D eigenvalue weighted by atomic mass is 16.1. The fourth-order valence-electron chi connectivity index (χ4n) is 3.10. The predicted molar refractivity (Wildman–Crippen MR) is 68.9 cm³/mol. The van der Waals surface area contributed by atoms with Gasteiger partial charge < -0.3 is 5.73 Å². The molecule has 0 bridgehead atoms. The van der Waals surface area contributed by atoms with Crippen molar-refractivity contribution in [3.8, 4) is 0 Å². The molecule has 0 aromatic rings. The fraction of sp³-hybridized carbons (Fsp3) is 0.923. The van der Waals surface area contributed by atoms with Crippen LogP contribution in [0.2, 0.25) is 0 Å². The van der Waals surface area contributed by atoms with Gasteiger partial charge in [-0.05, 0) is 46.7 Å². The quantitative estimate of drug-likeness (QED) is 0.777. The molecule has 2 fully saturated rings. The number of likely N-dealkylation sites (tertiary alicyclic amines) is 2. The van der Waals surface area contributed by atoms with Crippen molar-refractivity contribution < 1.29 is 4.79 Å². The minimum atomic E-state index is -0.364. The van der Waals surface area contributed by atoms with Crippen LogP contribution < -0.4 is 5.73 Å². The molecule has 0 radical (unpaired) electrons. The van der Waals surface area contributed by atoms with E-state index in [0.717, 1.165) is 38.9 Å². The molecule has 0 aromatic carbocycles. The Morgan fingerprint density at radius 1 is 1.29 bits per heavy atom. The zero-order valence-corrected chi connectivity index (χ0v) is 11.3. The Labute approximate surface area is 104 Å². The maximum absolute atomic E-state index is 12.6. The molecular weight excluding hydrogens is 214 g/mol. The molecule has 0 aliphatic carbocycles. The lowest BCUT2D eigenvalue weighted by Gasteiger charge is -2.37.